The molecule has 1 saturated heterocycles. The van der Waals surface area contributed by atoms with E-state index in [9.17, 15) is 4.79 Å². The molecule has 3 rings (SSSR count). The van der Waals surface area contributed by atoms with Gasteiger partial charge in [0.05, 0.1) is 24.1 Å². The molecule has 2 N–H and O–H groups in total. The predicted octanol–water partition coefficient (Wildman–Crippen LogP) is 2.31. The van der Waals surface area contributed by atoms with E-state index in [4.69, 9.17) is 4.74 Å². The second-order valence-electron chi connectivity index (χ2n) is 6.39. The van der Waals surface area contributed by atoms with Crippen LogP contribution in [-0.2, 0) is 4.79 Å². The summed E-state index contributed by atoms with van der Waals surface area (Å²) in [7, 11) is 1.65. The van der Waals surface area contributed by atoms with Crippen molar-refractivity contribution < 1.29 is 9.53 Å². The number of amides is 1. The van der Waals surface area contributed by atoms with Gasteiger partial charge in [-0.15, -0.1) is 0 Å². The Morgan fingerprint density at radius 2 is 2.30 bits per heavy atom. The van der Waals surface area contributed by atoms with Crippen LogP contribution in [0.3, 0.4) is 0 Å². The number of ether oxygens (including phenoxy) is 1. The third-order valence-electron chi connectivity index (χ3n) is 4.20. The molecule has 1 aromatic heterocycles. The molecule has 1 unspecified atom stereocenters. The molecule has 1 aliphatic rings. The number of nitrogens with one attached hydrogen (secondary N) is 2. The standard InChI is InChI=1S/C17H24N4O2/c1-11(2)18-16(22)12-5-4-8-21(10-12)17-19-14-7-6-13(23-3)9-15(14)20-17/h6-7,9,11-12H,4-5,8,10H2,1-3H3,(H,18,22)(H,19,20). The summed E-state index contributed by atoms with van der Waals surface area (Å²) >= 11 is 0. The lowest BCUT2D eigenvalue weighted by Gasteiger charge is -2.32. The van der Waals surface area contributed by atoms with Gasteiger partial charge in [-0.2, -0.15) is 0 Å². The Labute approximate surface area is 136 Å². The largest absolute Gasteiger partial charge is 0.497 e. The Morgan fingerprint density at radius 3 is 3.04 bits per heavy atom. The fourth-order valence-electron chi connectivity index (χ4n) is 3.04. The highest BCUT2D eigenvalue weighted by atomic mass is 16.5. The maximum Gasteiger partial charge on any atom is 0.225 e. The number of nitrogens with zero attached hydrogens (tertiary/aromatic N) is 2. The van der Waals surface area contributed by atoms with Gasteiger partial charge in [0.1, 0.15) is 5.75 Å². The van der Waals surface area contributed by atoms with Crippen molar-refractivity contribution in [2.45, 2.75) is 32.7 Å². The zero-order valence-corrected chi connectivity index (χ0v) is 13.9. The van der Waals surface area contributed by atoms with E-state index in [0.29, 0.717) is 6.54 Å². The molecule has 23 heavy (non-hydrogen) atoms. The van der Waals surface area contributed by atoms with Crippen LogP contribution in [-0.4, -0.2) is 42.1 Å². The predicted molar refractivity (Wildman–Crippen MR) is 90.9 cm³/mol. The summed E-state index contributed by atoms with van der Waals surface area (Å²) in [6.45, 7) is 5.61. The molecule has 1 fully saturated rings. The van der Waals surface area contributed by atoms with Gasteiger partial charge in [0.15, 0.2) is 0 Å². The minimum atomic E-state index is 0.0221. The van der Waals surface area contributed by atoms with Crippen molar-refractivity contribution in [3.8, 4) is 5.75 Å². The summed E-state index contributed by atoms with van der Waals surface area (Å²) < 4.78 is 5.25. The highest BCUT2D eigenvalue weighted by molar-refractivity contribution is 5.81. The lowest BCUT2D eigenvalue weighted by molar-refractivity contribution is -0.125. The van der Waals surface area contributed by atoms with Crippen molar-refractivity contribution in [2.75, 3.05) is 25.1 Å². The number of carbonyl (C=O) groups excluding carboxylic acids is 1. The van der Waals surface area contributed by atoms with Gasteiger partial charge in [0.25, 0.3) is 0 Å². The molecule has 6 heteroatoms. The summed E-state index contributed by atoms with van der Waals surface area (Å²) in [5, 5.41) is 3.01. The SMILES string of the molecule is COc1ccc2nc(N3CCCC(C(=O)NC(C)C)C3)[nH]c2c1. The van der Waals surface area contributed by atoms with Crippen molar-refractivity contribution in [3.63, 3.8) is 0 Å². The molecule has 2 heterocycles. The van der Waals surface area contributed by atoms with Crippen LogP contribution in [0.5, 0.6) is 5.75 Å². The molecule has 0 bridgehead atoms. The number of imidazole rings is 1. The zero-order valence-electron chi connectivity index (χ0n) is 13.9. The van der Waals surface area contributed by atoms with Gasteiger partial charge in [-0.3, -0.25) is 4.79 Å². The molecule has 1 aliphatic heterocycles. The molecule has 1 atom stereocenters. The lowest BCUT2D eigenvalue weighted by atomic mass is 9.97. The van der Waals surface area contributed by atoms with Crippen LogP contribution in [0.25, 0.3) is 11.0 Å². The summed E-state index contributed by atoms with van der Waals surface area (Å²) in [6, 6.07) is 5.97. The van der Waals surface area contributed by atoms with Gasteiger partial charge < -0.3 is 19.9 Å². The normalized spacial score (nSPS) is 18.4. The number of H-pyrrole nitrogens is 1. The third-order valence-corrected chi connectivity index (χ3v) is 4.20. The molecule has 1 aromatic carbocycles. The number of hydrogen-bond acceptors (Lipinski definition) is 4. The maximum atomic E-state index is 12.3. The number of fused-ring (bicyclic) bond motifs is 1. The summed E-state index contributed by atoms with van der Waals surface area (Å²) in [6.07, 6.45) is 1.93. The minimum Gasteiger partial charge on any atom is -0.497 e. The van der Waals surface area contributed by atoms with Crippen LogP contribution in [0, 0.1) is 5.92 Å². The summed E-state index contributed by atoms with van der Waals surface area (Å²) in [4.78, 5) is 22.4. The maximum absolute atomic E-state index is 12.3. The van der Waals surface area contributed by atoms with E-state index in [-0.39, 0.29) is 17.9 Å². The first kappa shape index (κ1) is 15.6. The molecule has 1 amide bonds. The van der Waals surface area contributed by atoms with Crippen molar-refractivity contribution in [2.24, 2.45) is 5.92 Å². The van der Waals surface area contributed by atoms with E-state index < -0.39 is 0 Å². The van der Waals surface area contributed by atoms with Crippen molar-refractivity contribution in [1.29, 1.82) is 0 Å². The number of hydrogen-bond donors (Lipinski definition) is 2. The molecule has 0 aliphatic carbocycles. The van der Waals surface area contributed by atoms with Crippen LogP contribution in [0.1, 0.15) is 26.7 Å². The number of methoxy groups -OCH3 is 1. The average molecular weight is 316 g/mol. The Hall–Kier alpha value is -2.24. The molecular formula is C17H24N4O2. The first-order chi connectivity index (χ1) is 11.1. The van der Waals surface area contributed by atoms with Crippen LogP contribution in [0.15, 0.2) is 18.2 Å². The van der Waals surface area contributed by atoms with Gasteiger partial charge in [0.2, 0.25) is 11.9 Å². The molecule has 6 nitrogen and oxygen atoms in total. The van der Waals surface area contributed by atoms with Crippen molar-refractivity contribution in [3.05, 3.63) is 18.2 Å². The van der Waals surface area contributed by atoms with Crippen molar-refractivity contribution in [1.82, 2.24) is 15.3 Å². The summed E-state index contributed by atoms with van der Waals surface area (Å²) in [5.74, 6) is 1.80. The Balaban J connectivity index is 1.77. The smallest absolute Gasteiger partial charge is 0.225 e. The monoisotopic (exact) mass is 316 g/mol. The topological polar surface area (TPSA) is 70.2 Å². The first-order valence-electron chi connectivity index (χ1n) is 8.16. The van der Waals surface area contributed by atoms with Gasteiger partial charge >= 0.3 is 0 Å². The Kier molecular flexibility index (Phi) is 4.41. The quantitative estimate of drug-likeness (QED) is 0.908. The van der Waals surface area contributed by atoms with E-state index >= 15 is 0 Å². The number of carbonyl (C=O) groups is 1. The van der Waals surface area contributed by atoms with Crippen molar-refractivity contribution >= 4 is 22.9 Å². The average Bonchev–Trinajstić information content (AvgIpc) is 2.97. The van der Waals surface area contributed by atoms with Crippen LogP contribution < -0.4 is 15.0 Å². The van der Waals surface area contributed by atoms with Crippen LogP contribution >= 0.6 is 0 Å². The number of aromatic amines is 1. The number of rotatable bonds is 4. The molecule has 0 spiro atoms. The van der Waals surface area contributed by atoms with Gasteiger partial charge in [-0.25, -0.2) is 4.98 Å². The summed E-state index contributed by atoms with van der Waals surface area (Å²) in [5.41, 5.74) is 1.86. The number of piperidine rings is 1. The van der Waals surface area contributed by atoms with E-state index in [2.05, 4.69) is 20.2 Å². The first-order valence-corrected chi connectivity index (χ1v) is 8.16. The van der Waals surface area contributed by atoms with E-state index in [1.165, 1.54) is 0 Å². The molecule has 124 valence electrons. The number of anilines is 1. The van der Waals surface area contributed by atoms with Crippen LogP contribution in [0.4, 0.5) is 5.95 Å². The fraction of sp³-hybridized carbons (Fsp3) is 0.529. The number of benzene rings is 1. The molecule has 0 saturated carbocycles. The highest BCUT2D eigenvalue weighted by Crippen LogP contribution is 2.25. The van der Waals surface area contributed by atoms with E-state index in [1.54, 1.807) is 7.11 Å². The van der Waals surface area contributed by atoms with Gasteiger partial charge in [-0.05, 0) is 38.8 Å². The van der Waals surface area contributed by atoms with E-state index in [0.717, 1.165) is 42.1 Å². The molecule has 2 aromatic rings. The Morgan fingerprint density at radius 1 is 1.48 bits per heavy atom. The Bertz CT molecular complexity index is 695. The molecular weight excluding hydrogens is 292 g/mol. The minimum absolute atomic E-state index is 0.0221. The van der Waals surface area contributed by atoms with E-state index in [1.807, 2.05) is 32.0 Å². The molecule has 0 radical (unpaired) electrons. The number of aromatic nitrogens is 2. The third kappa shape index (κ3) is 3.41. The highest BCUT2D eigenvalue weighted by Gasteiger charge is 2.27. The zero-order chi connectivity index (χ0) is 16.4. The second-order valence-corrected chi connectivity index (χ2v) is 6.39. The second kappa shape index (κ2) is 6.48. The van der Waals surface area contributed by atoms with Crippen LogP contribution in [0.2, 0.25) is 0 Å². The fourth-order valence-corrected chi connectivity index (χ4v) is 3.04. The lowest BCUT2D eigenvalue weighted by Crippen LogP contribution is -2.45. The van der Waals surface area contributed by atoms with Gasteiger partial charge in [0, 0.05) is 25.2 Å². The van der Waals surface area contributed by atoms with Gasteiger partial charge in [-0.1, -0.05) is 0 Å².